The van der Waals surface area contributed by atoms with Gasteiger partial charge >= 0.3 is 18.0 Å². The first-order valence-corrected chi connectivity index (χ1v) is 10.7. The van der Waals surface area contributed by atoms with Gasteiger partial charge in [0.1, 0.15) is 0 Å². The molecule has 3 aromatic carbocycles. The summed E-state index contributed by atoms with van der Waals surface area (Å²) in [4.78, 5) is 0. The molecule has 3 rings (SSSR count). The third-order valence-corrected chi connectivity index (χ3v) is 6.24. The Balaban J connectivity index is 2.72. The van der Waals surface area contributed by atoms with Gasteiger partial charge < -0.3 is 0 Å². The molecule has 0 saturated heterocycles. The molecule has 11 heteroatoms. The molecule has 0 amide bonds. The van der Waals surface area contributed by atoms with Crippen LogP contribution in [-0.4, -0.2) is 12.4 Å². The highest BCUT2D eigenvalue weighted by molar-refractivity contribution is 9.11. The van der Waals surface area contributed by atoms with Gasteiger partial charge in [-0.15, -0.1) is 0 Å². The van der Waals surface area contributed by atoms with Crippen molar-refractivity contribution < 1.29 is 30.7 Å². The van der Waals surface area contributed by atoms with Crippen molar-refractivity contribution in [1.29, 1.82) is 10.5 Å². The molecule has 0 fully saturated rings. The van der Waals surface area contributed by atoms with E-state index in [1.54, 1.807) is 12.1 Å². The summed E-state index contributed by atoms with van der Waals surface area (Å²) < 4.78 is 99.4. The molecular formula is C23H9Br2F7N2. The van der Waals surface area contributed by atoms with Gasteiger partial charge in [-0.3, -0.25) is 0 Å². The monoisotopic (exact) mass is 604 g/mol. The summed E-state index contributed by atoms with van der Waals surface area (Å²) in [5.74, 6) is 0. The normalized spacial score (nSPS) is 12.2. The number of alkyl halides is 7. The Bertz CT molecular complexity index is 1250. The van der Waals surface area contributed by atoms with Gasteiger partial charge in [0, 0.05) is 36.8 Å². The highest BCUT2D eigenvalue weighted by Crippen LogP contribution is 2.60. The van der Waals surface area contributed by atoms with Crippen LogP contribution in [0.5, 0.6) is 0 Å². The van der Waals surface area contributed by atoms with Crippen molar-refractivity contribution >= 4 is 31.9 Å². The lowest BCUT2D eigenvalue weighted by Gasteiger charge is -2.34. The average Bonchev–Trinajstić information content (AvgIpc) is 2.76. The van der Waals surface area contributed by atoms with Crippen molar-refractivity contribution in [2.75, 3.05) is 0 Å². The first-order valence-electron chi connectivity index (χ1n) is 9.13. The van der Waals surface area contributed by atoms with E-state index in [1.807, 2.05) is 0 Å². The van der Waals surface area contributed by atoms with E-state index in [-0.39, 0.29) is 31.2 Å². The maximum Gasteiger partial charge on any atom is 0.435 e. The fourth-order valence-corrected chi connectivity index (χ4v) is 5.12. The molecule has 0 spiro atoms. The average molecular weight is 606 g/mol. The second-order valence-corrected chi connectivity index (χ2v) is 8.64. The third-order valence-electron chi connectivity index (χ3n) is 4.99. The summed E-state index contributed by atoms with van der Waals surface area (Å²) in [7, 11) is 0. The molecule has 0 aromatic heterocycles. The van der Waals surface area contributed by atoms with Gasteiger partial charge in [-0.2, -0.15) is 36.9 Å². The highest BCUT2D eigenvalue weighted by atomic mass is 79.9. The van der Waals surface area contributed by atoms with Gasteiger partial charge in [-0.05, 0) is 18.2 Å². The summed E-state index contributed by atoms with van der Waals surface area (Å²) in [6.07, 6.45) is -12.9. The Morgan fingerprint density at radius 1 is 0.618 bits per heavy atom. The molecule has 0 unspecified atom stereocenters. The van der Waals surface area contributed by atoms with Gasteiger partial charge in [-0.1, -0.05) is 68.3 Å². The van der Waals surface area contributed by atoms with E-state index in [0.29, 0.717) is 0 Å². The molecular weight excluding hydrogens is 597 g/mol. The van der Waals surface area contributed by atoms with Crippen molar-refractivity contribution in [2.24, 2.45) is 0 Å². The van der Waals surface area contributed by atoms with Crippen molar-refractivity contribution in [1.82, 2.24) is 0 Å². The van der Waals surface area contributed by atoms with Crippen LogP contribution < -0.4 is 0 Å². The second-order valence-electron chi connectivity index (χ2n) is 6.93. The standard InChI is InChI=1S/C23H9Br2F7N2/c24-16-9-17(25)19(15-8-4-2-6-13(15)11-34)20(21(26,22(27,28)29)23(30,31)32)18(16)14-7-3-1-5-12(14)10-33/h1-9H. The van der Waals surface area contributed by atoms with Gasteiger partial charge in [0.25, 0.3) is 0 Å². The smallest absolute Gasteiger partial charge is 0.218 e. The zero-order valence-electron chi connectivity index (χ0n) is 16.5. The first-order chi connectivity index (χ1) is 15.8. The maximum absolute atomic E-state index is 15.8. The molecule has 174 valence electrons. The van der Waals surface area contributed by atoms with Crippen molar-refractivity contribution in [3.8, 4) is 34.4 Å². The van der Waals surface area contributed by atoms with Gasteiger partial charge in [0.2, 0.25) is 0 Å². The number of rotatable bonds is 3. The molecule has 0 atom stereocenters. The highest BCUT2D eigenvalue weighted by Gasteiger charge is 2.75. The predicted molar refractivity (Wildman–Crippen MR) is 117 cm³/mol. The van der Waals surface area contributed by atoms with E-state index >= 15 is 4.39 Å². The zero-order chi connectivity index (χ0) is 25.5. The Kier molecular flexibility index (Phi) is 6.84. The van der Waals surface area contributed by atoms with Crippen LogP contribution in [0.1, 0.15) is 16.7 Å². The maximum atomic E-state index is 15.8. The predicted octanol–water partition coefficient (Wildman–Crippen LogP) is 8.58. The Morgan fingerprint density at radius 2 is 0.971 bits per heavy atom. The van der Waals surface area contributed by atoms with E-state index in [2.05, 4.69) is 31.9 Å². The quantitative estimate of drug-likeness (QED) is 0.281. The Hall–Kier alpha value is -2.89. The number of nitrogens with zero attached hydrogens (tertiary/aromatic N) is 2. The lowest BCUT2D eigenvalue weighted by molar-refractivity contribution is -0.348. The van der Waals surface area contributed by atoms with Crippen LogP contribution in [0.25, 0.3) is 22.3 Å². The van der Waals surface area contributed by atoms with Crippen molar-refractivity contribution in [3.63, 3.8) is 0 Å². The van der Waals surface area contributed by atoms with E-state index in [4.69, 9.17) is 0 Å². The summed E-state index contributed by atoms with van der Waals surface area (Å²) in [5.41, 5.74) is -10.6. The van der Waals surface area contributed by atoms with Gasteiger partial charge in [0.05, 0.1) is 23.3 Å². The fraction of sp³-hybridized carbons (Fsp3) is 0.130. The minimum Gasteiger partial charge on any atom is -0.218 e. The topological polar surface area (TPSA) is 47.6 Å². The molecule has 34 heavy (non-hydrogen) atoms. The number of halogens is 9. The van der Waals surface area contributed by atoms with Crippen LogP contribution in [0, 0.1) is 22.7 Å². The minimum absolute atomic E-state index is 0.280. The molecule has 0 aliphatic heterocycles. The summed E-state index contributed by atoms with van der Waals surface area (Å²) >= 11 is 5.92. The SMILES string of the molecule is N#Cc1ccccc1-c1c(Br)cc(Br)c(-c2ccccc2C#N)c1C(F)(C(F)(F)F)C(F)(F)F. The molecule has 2 nitrogen and oxygen atoms in total. The second kappa shape index (κ2) is 9.05. The lowest BCUT2D eigenvalue weighted by Crippen LogP contribution is -2.51. The lowest BCUT2D eigenvalue weighted by atomic mass is 9.80. The number of hydrogen-bond acceptors (Lipinski definition) is 2. The first kappa shape index (κ1) is 25.7. The van der Waals surface area contributed by atoms with E-state index in [1.165, 1.54) is 36.4 Å². The van der Waals surface area contributed by atoms with E-state index < -0.39 is 34.7 Å². The Morgan fingerprint density at radius 3 is 1.29 bits per heavy atom. The Labute approximate surface area is 205 Å². The number of nitriles is 2. The molecule has 0 bridgehead atoms. The minimum atomic E-state index is -6.45. The van der Waals surface area contributed by atoms with Crippen LogP contribution >= 0.6 is 31.9 Å². The molecule has 0 radical (unpaired) electrons. The molecule has 0 aliphatic carbocycles. The third kappa shape index (κ3) is 4.08. The van der Waals surface area contributed by atoms with Crippen LogP contribution in [-0.2, 0) is 5.67 Å². The fourth-order valence-electron chi connectivity index (χ4n) is 3.53. The number of hydrogen-bond donors (Lipinski definition) is 0. The van der Waals surface area contributed by atoms with Crippen molar-refractivity contribution in [3.05, 3.63) is 80.2 Å². The van der Waals surface area contributed by atoms with Crippen LogP contribution in [0.3, 0.4) is 0 Å². The largest absolute Gasteiger partial charge is 0.435 e. The van der Waals surface area contributed by atoms with Crippen LogP contribution in [0.2, 0.25) is 0 Å². The molecule has 0 saturated carbocycles. The molecule has 0 aliphatic rings. The summed E-state index contributed by atoms with van der Waals surface area (Å²) in [5, 5.41) is 18.9. The van der Waals surface area contributed by atoms with Crippen LogP contribution in [0.4, 0.5) is 30.7 Å². The van der Waals surface area contributed by atoms with E-state index in [9.17, 15) is 36.9 Å². The van der Waals surface area contributed by atoms with E-state index in [0.717, 1.165) is 18.2 Å². The van der Waals surface area contributed by atoms with Crippen molar-refractivity contribution in [2.45, 2.75) is 18.0 Å². The van der Waals surface area contributed by atoms with Gasteiger partial charge in [0.15, 0.2) is 0 Å². The molecule has 3 aromatic rings. The number of benzene rings is 3. The zero-order valence-corrected chi connectivity index (χ0v) is 19.7. The van der Waals surface area contributed by atoms with Gasteiger partial charge in [-0.25, -0.2) is 4.39 Å². The molecule has 0 N–H and O–H groups in total. The summed E-state index contributed by atoms with van der Waals surface area (Å²) in [6.45, 7) is 0. The summed E-state index contributed by atoms with van der Waals surface area (Å²) in [6, 6.07) is 14.4. The van der Waals surface area contributed by atoms with Crippen LogP contribution in [0.15, 0.2) is 63.5 Å². The molecule has 0 heterocycles.